The third-order valence-corrected chi connectivity index (χ3v) is 4.68. The van der Waals surface area contributed by atoms with E-state index >= 15 is 0 Å². The Morgan fingerprint density at radius 3 is 2.11 bits per heavy atom. The highest BCUT2D eigenvalue weighted by atomic mass is 16.2. The minimum Gasteiger partial charge on any atom is -0.273 e. The van der Waals surface area contributed by atoms with Gasteiger partial charge in [-0.3, -0.25) is 4.79 Å². The molecule has 0 heterocycles. The fourth-order valence-electron chi connectivity index (χ4n) is 3.29. The predicted molar refractivity (Wildman–Crippen MR) is 112 cm³/mol. The van der Waals surface area contributed by atoms with E-state index in [1.165, 1.54) is 5.56 Å². The lowest BCUT2D eigenvalue weighted by Crippen LogP contribution is -2.19. The Kier molecular flexibility index (Phi) is 4.67. The van der Waals surface area contributed by atoms with Crippen LogP contribution in [0.2, 0.25) is 0 Å². The summed E-state index contributed by atoms with van der Waals surface area (Å²) in [6.07, 6.45) is 2.06. The molecule has 0 fully saturated rings. The summed E-state index contributed by atoms with van der Waals surface area (Å²) in [7, 11) is 0. The predicted octanol–water partition coefficient (Wildman–Crippen LogP) is 4.99. The zero-order valence-corrected chi connectivity index (χ0v) is 15.1. The molecule has 0 saturated heterocycles. The van der Waals surface area contributed by atoms with Crippen LogP contribution in [0.3, 0.4) is 0 Å². The highest BCUT2D eigenvalue weighted by Gasteiger charge is 2.06. The van der Waals surface area contributed by atoms with Crippen molar-refractivity contribution >= 4 is 33.7 Å². The van der Waals surface area contributed by atoms with Crippen LogP contribution >= 0.6 is 0 Å². The van der Waals surface area contributed by atoms with Crippen molar-refractivity contribution in [2.24, 2.45) is 5.10 Å². The lowest BCUT2D eigenvalue weighted by atomic mass is 9.97. The largest absolute Gasteiger partial charge is 0.273 e. The molecular weight excluding hydrogens is 332 g/mol. The summed E-state index contributed by atoms with van der Waals surface area (Å²) in [5, 5.41) is 8.78. The molecule has 0 saturated carbocycles. The number of nitrogens with one attached hydrogen (secondary N) is 1. The van der Waals surface area contributed by atoms with Crippen LogP contribution in [0.1, 0.15) is 16.7 Å². The van der Waals surface area contributed by atoms with Crippen LogP contribution in [0.5, 0.6) is 0 Å². The second kappa shape index (κ2) is 7.42. The Morgan fingerprint density at radius 1 is 0.889 bits per heavy atom. The van der Waals surface area contributed by atoms with E-state index in [1.54, 1.807) is 6.21 Å². The first-order valence-electron chi connectivity index (χ1n) is 8.99. The van der Waals surface area contributed by atoms with Crippen molar-refractivity contribution in [3.05, 3.63) is 95.6 Å². The Morgan fingerprint density at radius 2 is 1.48 bits per heavy atom. The van der Waals surface area contributed by atoms with Gasteiger partial charge in [0.15, 0.2) is 0 Å². The van der Waals surface area contributed by atoms with Gasteiger partial charge >= 0.3 is 0 Å². The fourth-order valence-corrected chi connectivity index (χ4v) is 3.29. The summed E-state index contributed by atoms with van der Waals surface area (Å²) in [5.74, 6) is -0.125. The van der Waals surface area contributed by atoms with Crippen molar-refractivity contribution in [2.45, 2.75) is 13.3 Å². The second-order valence-electron chi connectivity index (χ2n) is 6.69. The molecule has 4 aromatic rings. The Bertz CT molecular complexity index is 1090. The van der Waals surface area contributed by atoms with E-state index < -0.39 is 0 Å². The molecule has 0 aliphatic heterocycles. The number of amides is 1. The van der Waals surface area contributed by atoms with E-state index in [0.29, 0.717) is 6.42 Å². The minimum atomic E-state index is -0.125. The molecule has 1 amide bonds. The molecule has 4 aromatic carbocycles. The highest BCUT2D eigenvalue weighted by Crippen LogP contribution is 2.27. The first kappa shape index (κ1) is 17.0. The molecule has 3 nitrogen and oxygen atoms in total. The van der Waals surface area contributed by atoms with Gasteiger partial charge in [0, 0.05) is 5.56 Å². The highest BCUT2D eigenvalue weighted by molar-refractivity contribution is 6.13. The van der Waals surface area contributed by atoms with Gasteiger partial charge in [-0.1, -0.05) is 78.4 Å². The van der Waals surface area contributed by atoms with E-state index in [9.17, 15) is 4.79 Å². The van der Waals surface area contributed by atoms with Gasteiger partial charge in [-0.25, -0.2) is 5.43 Å². The lowest BCUT2D eigenvalue weighted by Gasteiger charge is -2.08. The van der Waals surface area contributed by atoms with Crippen molar-refractivity contribution in [1.29, 1.82) is 0 Å². The van der Waals surface area contributed by atoms with Gasteiger partial charge in [-0.2, -0.15) is 5.10 Å². The molecule has 27 heavy (non-hydrogen) atoms. The Balaban J connectivity index is 1.60. The third-order valence-electron chi connectivity index (χ3n) is 4.68. The zero-order chi connectivity index (χ0) is 18.6. The Hall–Kier alpha value is -3.46. The van der Waals surface area contributed by atoms with Gasteiger partial charge in [0.05, 0.1) is 12.6 Å². The summed E-state index contributed by atoms with van der Waals surface area (Å²) < 4.78 is 0. The molecule has 0 aromatic heterocycles. The number of hydrogen-bond donors (Lipinski definition) is 1. The number of benzene rings is 4. The Labute approximate surface area is 158 Å². The third kappa shape index (κ3) is 3.72. The van der Waals surface area contributed by atoms with Crippen molar-refractivity contribution in [1.82, 2.24) is 5.43 Å². The number of fused-ring (bicyclic) bond motifs is 2. The number of aryl methyl sites for hydroxylation is 1. The number of hydrazone groups is 1. The van der Waals surface area contributed by atoms with E-state index in [4.69, 9.17) is 0 Å². The topological polar surface area (TPSA) is 41.5 Å². The molecule has 3 heteroatoms. The van der Waals surface area contributed by atoms with Gasteiger partial charge in [0.2, 0.25) is 5.91 Å². The van der Waals surface area contributed by atoms with E-state index in [0.717, 1.165) is 32.7 Å². The second-order valence-corrected chi connectivity index (χ2v) is 6.69. The van der Waals surface area contributed by atoms with Crippen molar-refractivity contribution in [3.8, 4) is 0 Å². The van der Waals surface area contributed by atoms with E-state index in [1.807, 2.05) is 55.5 Å². The van der Waals surface area contributed by atoms with Crippen LogP contribution in [0.4, 0.5) is 0 Å². The average molecular weight is 352 g/mol. The first-order valence-corrected chi connectivity index (χ1v) is 8.99. The van der Waals surface area contributed by atoms with Gasteiger partial charge in [-0.05, 0) is 40.1 Å². The number of nitrogens with zero attached hydrogens (tertiary/aromatic N) is 1. The van der Waals surface area contributed by atoms with Crippen molar-refractivity contribution in [3.63, 3.8) is 0 Å². The fraction of sp³-hybridized carbons (Fsp3) is 0.0833. The molecule has 1 N–H and O–H groups in total. The van der Waals surface area contributed by atoms with Crippen LogP contribution in [-0.2, 0) is 11.2 Å². The standard InChI is InChI=1S/C24H20N2O/c1-17-10-12-18(13-11-17)14-24(27)26-25-16-23-21-8-4-2-6-19(21)15-20-7-3-5-9-22(20)23/h2-13,15-16H,14H2,1H3,(H,26,27)/b25-16-. The first-order chi connectivity index (χ1) is 13.2. The van der Waals surface area contributed by atoms with Crippen LogP contribution in [0, 0.1) is 6.92 Å². The molecule has 4 rings (SSSR count). The van der Waals surface area contributed by atoms with Gasteiger partial charge < -0.3 is 0 Å². The molecule has 0 spiro atoms. The van der Waals surface area contributed by atoms with Crippen LogP contribution in [0.25, 0.3) is 21.5 Å². The van der Waals surface area contributed by atoms with Crippen LogP contribution < -0.4 is 5.43 Å². The normalized spacial score (nSPS) is 11.3. The lowest BCUT2D eigenvalue weighted by molar-refractivity contribution is -0.120. The number of carbonyl (C=O) groups excluding carboxylic acids is 1. The monoisotopic (exact) mass is 352 g/mol. The van der Waals surface area contributed by atoms with E-state index in [-0.39, 0.29) is 5.91 Å². The quantitative estimate of drug-likeness (QED) is 0.314. The number of hydrogen-bond acceptors (Lipinski definition) is 2. The summed E-state index contributed by atoms with van der Waals surface area (Å²) in [4.78, 5) is 12.2. The number of carbonyl (C=O) groups is 1. The molecule has 0 radical (unpaired) electrons. The summed E-state index contributed by atoms with van der Waals surface area (Å²) in [6, 6.07) is 26.6. The summed E-state index contributed by atoms with van der Waals surface area (Å²) in [6.45, 7) is 2.03. The maximum absolute atomic E-state index is 12.2. The van der Waals surface area contributed by atoms with Gasteiger partial charge in [0.25, 0.3) is 0 Å². The molecule has 0 bridgehead atoms. The molecule has 132 valence electrons. The molecule has 0 atom stereocenters. The smallest absolute Gasteiger partial charge is 0.244 e. The van der Waals surface area contributed by atoms with Crippen LogP contribution in [-0.4, -0.2) is 12.1 Å². The van der Waals surface area contributed by atoms with E-state index in [2.05, 4.69) is 40.9 Å². The van der Waals surface area contributed by atoms with Gasteiger partial charge in [0.1, 0.15) is 0 Å². The maximum atomic E-state index is 12.2. The van der Waals surface area contributed by atoms with Crippen LogP contribution in [0.15, 0.2) is 84.0 Å². The summed E-state index contributed by atoms with van der Waals surface area (Å²) >= 11 is 0. The van der Waals surface area contributed by atoms with Crippen molar-refractivity contribution in [2.75, 3.05) is 0 Å². The molecule has 0 unspecified atom stereocenters. The average Bonchev–Trinajstić information content (AvgIpc) is 2.69. The van der Waals surface area contributed by atoms with Crippen molar-refractivity contribution < 1.29 is 4.79 Å². The summed E-state index contributed by atoms with van der Waals surface area (Å²) in [5.41, 5.74) is 5.82. The SMILES string of the molecule is Cc1ccc(CC(=O)N/N=C\c2c3ccccc3cc3ccccc23)cc1. The zero-order valence-electron chi connectivity index (χ0n) is 15.1. The maximum Gasteiger partial charge on any atom is 0.244 e. The molecule has 0 aliphatic carbocycles. The number of rotatable bonds is 4. The molecule has 0 aliphatic rings. The van der Waals surface area contributed by atoms with Gasteiger partial charge in [-0.15, -0.1) is 0 Å². The molecular formula is C24H20N2O. The minimum absolute atomic E-state index is 0.125.